The van der Waals surface area contributed by atoms with Crippen LogP contribution < -0.4 is 16.0 Å². The largest absolute Gasteiger partial charge is 0.379 e. The molecule has 0 radical (unpaired) electrons. The Balaban J connectivity index is 1.65. The molecule has 0 spiro atoms. The predicted molar refractivity (Wildman–Crippen MR) is 97.9 cm³/mol. The van der Waals surface area contributed by atoms with E-state index in [-0.39, 0.29) is 6.04 Å². The van der Waals surface area contributed by atoms with E-state index in [9.17, 15) is 0 Å². The molecule has 1 aromatic heterocycles. The van der Waals surface area contributed by atoms with Gasteiger partial charge in [0, 0.05) is 16.4 Å². The molecular weight excluding hydrogens is 296 g/mol. The minimum absolute atomic E-state index is 0.288. The highest BCUT2D eigenvalue weighted by atomic mass is 14.9. The van der Waals surface area contributed by atoms with Gasteiger partial charge in [-0.05, 0) is 67.2 Å². The molecule has 4 aliphatic heterocycles. The first-order chi connectivity index (χ1) is 11.8. The molecule has 4 heteroatoms. The molecule has 2 N–H and O–H groups in total. The zero-order chi connectivity index (χ0) is 15.9. The Morgan fingerprint density at radius 1 is 0.833 bits per heavy atom. The van der Waals surface area contributed by atoms with E-state index >= 15 is 0 Å². The second kappa shape index (κ2) is 5.20. The van der Waals surface area contributed by atoms with Crippen LogP contribution in [-0.2, 0) is 0 Å². The normalized spacial score (nSPS) is 23.5. The summed E-state index contributed by atoms with van der Waals surface area (Å²) in [5.74, 6) is 0. The molecule has 8 bridgehead atoms. The van der Waals surface area contributed by atoms with Gasteiger partial charge in [0.25, 0.3) is 0 Å². The van der Waals surface area contributed by atoms with Crippen LogP contribution in [0.3, 0.4) is 0 Å². The summed E-state index contributed by atoms with van der Waals surface area (Å²) in [6, 6.07) is 4.45. The number of aromatic amines is 1. The molecule has 4 aliphatic rings. The fourth-order valence-electron chi connectivity index (χ4n) is 3.20. The number of allylic oxidation sites excluding steroid dienone is 6. The van der Waals surface area contributed by atoms with Crippen LogP contribution in [0.1, 0.15) is 6.42 Å². The van der Waals surface area contributed by atoms with Crippen LogP contribution in [0.25, 0.3) is 12.2 Å². The zero-order valence-electron chi connectivity index (χ0n) is 13.0. The molecule has 1 aromatic rings. The summed E-state index contributed by atoms with van der Waals surface area (Å²) in [5.41, 5.74) is 4.96. The molecule has 0 aliphatic carbocycles. The van der Waals surface area contributed by atoms with Crippen LogP contribution >= 0.6 is 0 Å². The van der Waals surface area contributed by atoms with Gasteiger partial charge < -0.3 is 10.3 Å². The second-order valence-corrected chi connectivity index (χ2v) is 6.20. The van der Waals surface area contributed by atoms with Crippen LogP contribution in [0.15, 0.2) is 81.7 Å². The first-order valence-electron chi connectivity index (χ1n) is 8.12. The number of nitrogens with one attached hydrogen (secondary N) is 2. The lowest BCUT2D eigenvalue weighted by atomic mass is 10.2. The van der Waals surface area contributed by atoms with Gasteiger partial charge in [-0.3, -0.25) is 0 Å². The molecule has 24 heavy (non-hydrogen) atoms. The molecule has 116 valence electrons. The van der Waals surface area contributed by atoms with Crippen molar-refractivity contribution in [2.45, 2.75) is 12.5 Å². The first-order valence-corrected chi connectivity index (χ1v) is 8.12. The Hall–Kier alpha value is -3.14. The summed E-state index contributed by atoms with van der Waals surface area (Å²) < 4.78 is 0. The van der Waals surface area contributed by atoms with E-state index in [2.05, 4.69) is 62.8 Å². The van der Waals surface area contributed by atoms with Crippen LogP contribution in [0, 0.1) is 0 Å². The average molecular weight is 312 g/mol. The fourth-order valence-corrected chi connectivity index (χ4v) is 3.20. The lowest BCUT2D eigenvalue weighted by Gasteiger charge is -2.07. The number of hydrogen-bond acceptors (Lipinski definition) is 3. The lowest BCUT2D eigenvalue weighted by molar-refractivity contribution is 0.743. The smallest absolute Gasteiger partial charge is 0.0659 e. The zero-order valence-corrected chi connectivity index (χ0v) is 13.0. The monoisotopic (exact) mass is 312 g/mol. The third-order valence-corrected chi connectivity index (χ3v) is 4.32. The summed E-state index contributed by atoms with van der Waals surface area (Å²) in [7, 11) is 0. The maximum atomic E-state index is 4.66. The lowest BCUT2D eigenvalue weighted by Crippen LogP contribution is -2.21. The van der Waals surface area contributed by atoms with Crippen molar-refractivity contribution in [2.75, 3.05) is 0 Å². The Kier molecular flexibility index (Phi) is 2.88. The molecule has 0 saturated heterocycles. The Bertz CT molecular complexity index is 1050. The van der Waals surface area contributed by atoms with E-state index in [1.807, 2.05) is 24.3 Å². The van der Waals surface area contributed by atoms with Gasteiger partial charge in [0.2, 0.25) is 0 Å². The average Bonchev–Trinajstić information content (AvgIpc) is 3.32. The molecular formula is C20H16N4. The van der Waals surface area contributed by atoms with E-state index in [0.717, 1.165) is 45.6 Å². The molecule has 5 heterocycles. The van der Waals surface area contributed by atoms with Crippen molar-refractivity contribution in [1.29, 1.82) is 0 Å². The Morgan fingerprint density at radius 3 is 2.50 bits per heavy atom. The van der Waals surface area contributed by atoms with Crippen LogP contribution in [0.5, 0.6) is 0 Å². The predicted octanol–water partition coefficient (Wildman–Crippen LogP) is 1.62. The molecule has 0 aromatic carbocycles. The number of H-pyrrole nitrogens is 1. The highest BCUT2D eigenvalue weighted by molar-refractivity contribution is 6.19. The summed E-state index contributed by atoms with van der Waals surface area (Å²) in [4.78, 5) is 12.7. The summed E-state index contributed by atoms with van der Waals surface area (Å²) in [6.45, 7) is 0. The summed E-state index contributed by atoms with van der Waals surface area (Å²) >= 11 is 0. The van der Waals surface area contributed by atoms with Crippen LogP contribution in [0.4, 0.5) is 0 Å². The van der Waals surface area contributed by atoms with Gasteiger partial charge in [-0.15, -0.1) is 0 Å². The number of rotatable bonds is 0. The quantitative estimate of drug-likeness (QED) is 0.751. The van der Waals surface area contributed by atoms with Gasteiger partial charge in [0.05, 0.1) is 28.9 Å². The topological polar surface area (TPSA) is 52.5 Å². The van der Waals surface area contributed by atoms with E-state index in [1.165, 1.54) is 0 Å². The number of aromatic nitrogens is 1. The van der Waals surface area contributed by atoms with Gasteiger partial charge in [-0.1, -0.05) is 6.08 Å². The molecule has 1 unspecified atom stereocenters. The minimum atomic E-state index is 0.288. The van der Waals surface area contributed by atoms with Crippen molar-refractivity contribution < 1.29 is 0 Å². The van der Waals surface area contributed by atoms with Crippen molar-refractivity contribution in [3.05, 3.63) is 82.5 Å². The maximum Gasteiger partial charge on any atom is 0.0659 e. The maximum absolute atomic E-state index is 4.66. The third kappa shape index (κ3) is 2.52. The van der Waals surface area contributed by atoms with Gasteiger partial charge in [0.15, 0.2) is 0 Å². The Labute approximate surface area is 139 Å². The number of nitrogens with zero attached hydrogens (tertiary/aromatic N) is 2. The second-order valence-electron chi connectivity index (χ2n) is 6.20. The van der Waals surface area contributed by atoms with Crippen molar-refractivity contribution in [1.82, 2.24) is 10.3 Å². The Morgan fingerprint density at radius 2 is 1.58 bits per heavy atom. The third-order valence-electron chi connectivity index (χ3n) is 4.32. The molecule has 4 nitrogen and oxygen atoms in total. The SMILES string of the molecule is C1=CC2=NC1=CC1CC=C(C=c3ccc([nH]3)=CC3=NC(=C2)C=C3)N1. The number of fused-ring (bicyclic) bond motifs is 6. The van der Waals surface area contributed by atoms with Crippen molar-refractivity contribution in [3.63, 3.8) is 0 Å². The van der Waals surface area contributed by atoms with Gasteiger partial charge >= 0.3 is 0 Å². The van der Waals surface area contributed by atoms with Crippen molar-refractivity contribution in [2.24, 2.45) is 9.98 Å². The molecule has 0 saturated carbocycles. The van der Waals surface area contributed by atoms with Crippen LogP contribution in [0.2, 0.25) is 0 Å². The van der Waals surface area contributed by atoms with Gasteiger partial charge in [-0.2, -0.15) is 0 Å². The van der Waals surface area contributed by atoms with E-state index in [0.29, 0.717) is 0 Å². The van der Waals surface area contributed by atoms with Crippen molar-refractivity contribution in [3.8, 4) is 0 Å². The summed E-state index contributed by atoms with van der Waals surface area (Å²) in [5, 5.41) is 5.66. The number of aliphatic imine (C=N–C) groups is 2. The van der Waals surface area contributed by atoms with E-state index in [4.69, 9.17) is 0 Å². The van der Waals surface area contributed by atoms with Crippen LogP contribution in [-0.4, -0.2) is 22.4 Å². The van der Waals surface area contributed by atoms with Crippen molar-refractivity contribution >= 4 is 23.6 Å². The minimum Gasteiger partial charge on any atom is -0.379 e. The molecule has 5 rings (SSSR count). The highest BCUT2D eigenvalue weighted by Crippen LogP contribution is 2.18. The standard InChI is InChI=1S/C20H16N4/c1-2-14-10-16-5-6-18(23-16)12-20-8-7-19(24-20)11-17-4-3-15(22-17)9-13(1)21-14/h1-7,9-12,20,22,24H,8H2. The summed E-state index contributed by atoms with van der Waals surface area (Å²) in [6.07, 6.45) is 19.7. The number of hydrogen-bond donors (Lipinski definition) is 2. The highest BCUT2D eigenvalue weighted by Gasteiger charge is 2.14. The van der Waals surface area contributed by atoms with Gasteiger partial charge in [0.1, 0.15) is 0 Å². The molecule has 0 amide bonds. The molecule has 0 fully saturated rings. The molecule has 1 atom stereocenters. The first kappa shape index (κ1) is 13.3. The van der Waals surface area contributed by atoms with E-state index < -0.39 is 0 Å². The van der Waals surface area contributed by atoms with E-state index in [1.54, 1.807) is 0 Å². The van der Waals surface area contributed by atoms with Gasteiger partial charge in [-0.25, -0.2) is 9.98 Å². The fraction of sp³-hybridized carbons (Fsp3) is 0.100.